The second-order valence-electron chi connectivity index (χ2n) is 5.10. The van der Waals surface area contributed by atoms with Crippen LogP contribution < -0.4 is 5.32 Å². The molecule has 1 fully saturated rings. The van der Waals surface area contributed by atoms with Crippen LogP contribution in [0.25, 0.3) is 0 Å². The maximum Gasteiger partial charge on any atom is 0.0327 e. The molecule has 1 atom stereocenters. The van der Waals surface area contributed by atoms with Gasteiger partial charge < -0.3 is 10.2 Å². The summed E-state index contributed by atoms with van der Waals surface area (Å²) < 4.78 is 1.24. The van der Waals surface area contributed by atoms with Gasteiger partial charge in [-0.15, -0.1) is 11.3 Å². The van der Waals surface area contributed by atoms with Crippen molar-refractivity contribution in [3.05, 3.63) is 20.8 Å². The number of rotatable bonds is 6. The highest BCUT2D eigenvalue weighted by molar-refractivity contribution is 9.10. The van der Waals surface area contributed by atoms with Crippen LogP contribution in [0.2, 0.25) is 0 Å². The van der Waals surface area contributed by atoms with E-state index < -0.39 is 0 Å². The van der Waals surface area contributed by atoms with Crippen LogP contribution in [0.5, 0.6) is 0 Å². The summed E-state index contributed by atoms with van der Waals surface area (Å²) in [6, 6.07) is 2.92. The second-order valence-corrected chi connectivity index (χ2v) is 6.96. The Labute approximate surface area is 123 Å². The topological polar surface area (TPSA) is 15.3 Å². The molecule has 0 spiro atoms. The Kier molecular flexibility index (Phi) is 6.15. The SMILES string of the molecule is CC1CCCCN1CCCNCc1sccc1Br. The van der Waals surface area contributed by atoms with Gasteiger partial charge in [0.1, 0.15) is 0 Å². The minimum absolute atomic E-state index is 0.796. The number of likely N-dealkylation sites (tertiary alicyclic amines) is 1. The molecule has 1 aliphatic heterocycles. The third-order valence-electron chi connectivity index (χ3n) is 3.72. The van der Waals surface area contributed by atoms with Crippen LogP contribution in [-0.2, 0) is 6.54 Å². The molecular weight excluding hydrogens is 308 g/mol. The largest absolute Gasteiger partial charge is 0.312 e. The first-order chi connectivity index (χ1) is 8.77. The molecule has 1 aliphatic rings. The van der Waals surface area contributed by atoms with Crippen LogP contribution in [-0.4, -0.2) is 30.6 Å². The molecule has 1 unspecified atom stereocenters. The molecule has 1 aromatic rings. The van der Waals surface area contributed by atoms with E-state index in [1.807, 2.05) is 11.3 Å². The fourth-order valence-corrected chi connectivity index (χ4v) is 4.01. The zero-order chi connectivity index (χ0) is 12.8. The molecule has 2 rings (SSSR count). The van der Waals surface area contributed by atoms with Crippen molar-refractivity contribution < 1.29 is 0 Å². The summed E-state index contributed by atoms with van der Waals surface area (Å²) >= 11 is 5.38. The number of hydrogen-bond donors (Lipinski definition) is 1. The molecule has 0 amide bonds. The minimum atomic E-state index is 0.796. The van der Waals surface area contributed by atoms with E-state index in [2.05, 4.69) is 44.5 Å². The molecule has 18 heavy (non-hydrogen) atoms. The summed E-state index contributed by atoms with van der Waals surface area (Å²) in [6.45, 7) is 7.04. The Bertz CT molecular complexity index is 353. The van der Waals surface area contributed by atoms with Crippen LogP contribution >= 0.6 is 27.3 Å². The molecule has 0 aromatic carbocycles. The van der Waals surface area contributed by atoms with E-state index in [1.54, 1.807) is 0 Å². The number of hydrogen-bond acceptors (Lipinski definition) is 3. The lowest BCUT2D eigenvalue weighted by Gasteiger charge is -2.33. The molecule has 0 aliphatic carbocycles. The third-order valence-corrected chi connectivity index (χ3v) is 5.64. The summed E-state index contributed by atoms with van der Waals surface area (Å²) in [4.78, 5) is 4.05. The summed E-state index contributed by atoms with van der Waals surface area (Å²) in [6.07, 6.45) is 5.45. The average molecular weight is 331 g/mol. The van der Waals surface area contributed by atoms with E-state index in [0.717, 1.165) is 19.1 Å². The molecule has 0 bridgehead atoms. The maximum absolute atomic E-state index is 3.57. The van der Waals surface area contributed by atoms with Gasteiger partial charge in [0.05, 0.1) is 0 Å². The lowest BCUT2D eigenvalue weighted by atomic mass is 10.0. The predicted molar refractivity (Wildman–Crippen MR) is 83.2 cm³/mol. The summed E-state index contributed by atoms with van der Waals surface area (Å²) in [5, 5.41) is 5.67. The lowest BCUT2D eigenvalue weighted by Crippen LogP contribution is -2.38. The first kappa shape index (κ1) is 14.5. The first-order valence-electron chi connectivity index (χ1n) is 6.94. The van der Waals surface area contributed by atoms with Crippen LogP contribution in [0, 0.1) is 0 Å². The van der Waals surface area contributed by atoms with Crippen LogP contribution in [0.1, 0.15) is 37.5 Å². The Balaban J connectivity index is 1.57. The van der Waals surface area contributed by atoms with Gasteiger partial charge in [-0.05, 0) is 73.2 Å². The zero-order valence-electron chi connectivity index (χ0n) is 11.1. The van der Waals surface area contributed by atoms with Crippen LogP contribution in [0.3, 0.4) is 0 Å². The number of nitrogens with zero attached hydrogens (tertiary/aromatic N) is 1. The van der Waals surface area contributed by atoms with E-state index in [9.17, 15) is 0 Å². The van der Waals surface area contributed by atoms with Gasteiger partial charge in [-0.2, -0.15) is 0 Å². The molecule has 1 saturated heterocycles. The van der Waals surface area contributed by atoms with Crippen molar-refractivity contribution in [1.82, 2.24) is 10.2 Å². The van der Waals surface area contributed by atoms with Crippen molar-refractivity contribution >= 4 is 27.3 Å². The van der Waals surface area contributed by atoms with E-state index in [-0.39, 0.29) is 0 Å². The van der Waals surface area contributed by atoms with Crippen molar-refractivity contribution in [2.45, 2.75) is 45.2 Å². The van der Waals surface area contributed by atoms with Crippen molar-refractivity contribution in [3.8, 4) is 0 Å². The normalized spacial score (nSPS) is 21.3. The van der Waals surface area contributed by atoms with Crippen LogP contribution in [0.15, 0.2) is 15.9 Å². The Morgan fingerprint density at radius 1 is 1.50 bits per heavy atom. The quantitative estimate of drug-likeness (QED) is 0.796. The maximum atomic E-state index is 3.57. The number of nitrogens with one attached hydrogen (secondary N) is 1. The molecule has 2 nitrogen and oxygen atoms in total. The monoisotopic (exact) mass is 330 g/mol. The highest BCUT2D eigenvalue weighted by atomic mass is 79.9. The van der Waals surface area contributed by atoms with Gasteiger partial charge in [0.15, 0.2) is 0 Å². The smallest absolute Gasteiger partial charge is 0.0327 e. The standard InChI is InChI=1S/C14H23BrN2S/c1-12-5-2-3-8-17(12)9-4-7-16-11-14-13(15)6-10-18-14/h6,10,12,16H,2-5,7-9,11H2,1H3. The number of halogens is 1. The Morgan fingerprint density at radius 3 is 3.11 bits per heavy atom. The summed E-state index contributed by atoms with van der Waals surface area (Å²) in [5.74, 6) is 0. The molecule has 2 heterocycles. The Hall–Kier alpha value is 0.100. The van der Waals surface area contributed by atoms with Crippen molar-refractivity contribution in [1.29, 1.82) is 0 Å². The number of piperidine rings is 1. The van der Waals surface area contributed by atoms with E-state index >= 15 is 0 Å². The van der Waals surface area contributed by atoms with Gasteiger partial charge in [-0.25, -0.2) is 0 Å². The van der Waals surface area contributed by atoms with E-state index in [4.69, 9.17) is 0 Å². The van der Waals surface area contributed by atoms with Gasteiger partial charge >= 0.3 is 0 Å². The minimum Gasteiger partial charge on any atom is -0.312 e. The third kappa shape index (κ3) is 4.34. The zero-order valence-corrected chi connectivity index (χ0v) is 13.5. The van der Waals surface area contributed by atoms with Crippen molar-refractivity contribution in [2.24, 2.45) is 0 Å². The summed E-state index contributed by atoms with van der Waals surface area (Å²) in [5.41, 5.74) is 0. The molecule has 4 heteroatoms. The van der Waals surface area contributed by atoms with E-state index in [1.165, 1.54) is 48.1 Å². The first-order valence-corrected chi connectivity index (χ1v) is 8.61. The molecule has 0 saturated carbocycles. The molecule has 1 N–H and O–H groups in total. The van der Waals surface area contributed by atoms with Crippen molar-refractivity contribution in [3.63, 3.8) is 0 Å². The molecular formula is C14H23BrN2S. The number of thiophene rings is 1. The fourth-order valence-electron chi connectivity index (χ4n) is 2.55. The highest BCUT2D eigenvalue weighted by Crippen LogP contribution is 2.22. The van der Waals surface area contributed by atoms with Gasteiger partial charge in [-0.3, -0.25) is 0 Å². The van der Waals surface area contributed by atoms with Gasteiger partial charge in [0.2, 0.25) is 0 Å². The Morgan fingerprint density at radius 2 is 2.39 bits per heavy atom. The average Bonchev–Trinajstić information content (AvgIpc) is 2.77. The summed E-state index contributed by atoms with van der Waals surface area (Å²) in [7, 11) is 0. The van der Waals surface area contributed by atoms with Crippen molar-refractivity contribution in [2.75, 3.05) is 19.6 Å². The second kappa shape index (κ2) is 7.63. The molecule has 0 radical (unpaired) electrons. The molecule has 1 aromatic heterocycles. The fraction of sp³-hybridized carbons (Fsp3) is 0.714. The molecule has 102 valence electrons. The van der Waals surface area contributed by atoms with Gasteiger partial charge in [-0.1, -0.05) is 6.42 Å². The highest BCUT2D eigenvalue weighted by Gasteiger charge is 2.16. The predicted octanol–water partition coefficient (Wildman–Crippen LogP) is 3.86. The van der Waals surface area contributed by atoms with Gasteiger partial charge in [0, 0.05) is 21.9 Å². The van der Waals surface area contributed by atoms with E-state index in [0.29, 0.717) is 0 Å². The lowest BCUT2D eigenvalue weighted by molar-refractivity contribution is 0.159. The van der Waals surface area contributed by atoms with Gasteiger partial charge in [0.25, 0.3) is 0 Å². The van der Waals surface area contributed by atoms with Crippen LogP contribution in [0.4, 0.5) is 0 Å².